The maximum Gasteiger partial charge on any atom is 0.141 e. The van der Waals surface area contributed by atoms with Crippen LogP contribution in [-0.4, -0.2) is 10.7 Å². The lowest BCUT2D eigenvalue weighted by Gasteiger charge is -2.29. The van der Waals surface area contributed by atoms with Crippen LogP contribution in [0.25, 0.3) is 0 Å². The molecule has 0 bridgehead atoms. The summed E-state index contributed by atoms with van der Waals surface area (Å²) in [6.07, 6.45) is 3.96. The summed E-state index contributed by atoms with van der Waals surface area (Å²) in [4.78, 5) is 5.19. The summed E-state index contributed by atoms with van der Waals surface area (Å²) in [6, 6.07) is 7.82. The first-order chi connectivity index (χ1) is 10.1. The molecular formula is C16H16ClFN2S. The van der Waals surface area contributed by atoms with E-state index in [1.54, 1.807) is 6.20 Å². The van der Waals surface area contributed by atoms with Gasteiger partial charge in [-0.2, -0.15) is 0 Å². The highest BCUT2D eigenvalue weighted by Gasteiger charge is 2.23. The van der Waals surface area contributed by atoms with E-state index in [4.69, 9.17) is 11.6 Å². The highest BCUT2D eigenvalue weighted by molar-refractivity contribution is 7.99. The Morgan fingerprint density at radius 1 is 1.38 bits per heavy atom. The Balaban J connectivity index is 1.81. The van der Waals surface area contributed by atoms with E-state index in [-0.39, 0.29) is 17.9 Å². The van der Waals surface area contributed by atoms with Crippen LogP contribution in [0.5, 0.6) is 0 Å². The van der Waals surface area contributed by atoms with Crippen molar-refractivity contribution in [3.63, 3.8) is 0 Å². The summed E-state index contributed by atoms with van der Waals surface area (Å²) in [6.45, 7) is 2.03. The quantitative estimate of drug-likeness (QED) is 0.881. The van der Waals surface area contributed by atoms with Crippen LogP contribution in [0.4, 0.5) is 4.39 Å². The lowest BCUT2D eigenvalue weighted by Crippen LogP contribution is -2.27. The average Bonchev–Trinajstić information content (AvgIpc) is 2.48. The molecule has 21 heavy (non-hydrogen) atoms. The van der Waals surface area contributed by atoms with Gasteiger partial charge < -0.3 is 5.32 Å². The van der Waals surface area contributed by atoms with Crippen LogP contribution in [-0.2, 0) is 0 Å². The number of rotatable bonds is 3. The number of benzene rings is 1. The van der Waals surface area contributed by atoms with Crippen molar-refractivity contribution in [1.29, 1.82) is 0 Å². The monoisotopic (exact) mass is 322 g/mol. The summed E-state index contributed by atoms with van der Waals surface area (Å²) in [5.74, 6) is 0.768. The number of hydrogen-bond acceptors (Lipinski definition) is 3. The predicted molar refractivity (Wildman–Crippen MR) is 85.3 cm³/mol. The molecule has 5 heteroatoms. The van der Waals surface area contributed by atoms with E-state index in [0.717, 1.165) is 22.8 Å². The molecule has 0 fully saturated rings. The molecule has 0 spiro atoms. The first-order valence-corrected chi connectivity index (χ1v) is 8.28. The number of pyridine rings is 1. The zero-order valence-electron chi connectivity index (χ0n) is 11.6. The largest absolute Gasteiger partial charge is 0.303 e. The Morgan fingerprint density at radius 3 is 3.05 bits per heavy atom. The van der Waals surface area contributed by atoms with Crippen molar-refractivity contribution in [3.8, 4) is 0 Å². The highest BCUT2D eigenvalue weighted by Crippen LogP contribution is 2.38. The van der Waals surface area contributed by atoms with E-state index < -0.39 is 0 Å². The Kier molecular flexibility index (Phi) is 4.48. The number of halogens is 2. The lowest BCUT2D eigenvalue weighted by molar-refractivity contribution is 0.447. The van der Waals surface area contributed by atoms with Gasteiger partial charge >= 0.3 is 0 Å². The summed E-state index contributed by atoms with van der Waals surface area (Å²) >= 11 is 7.98. The fourth-order valence-corrected chi connectivity index (χ4v) is 3.89. The minimum absolute atomic E-state index is 0.0353. The van der Waals surface area contributed by atoms with Gasteiger partial charge in [-0.25, -0.2) is 4.39 Å². The second-order valence-corrected chi connectivity index (χ2v) is 6.77. The summed E-state index contributed by atoms with van der Waals surface area (Å²) in [7, 11) is 0. The molecule has 0 radical (unpaired) electrons. The number of fused-ring (bicyclic) bond motifs is 1. The van der Waals surface area contributed by atoms with Crippen LogP contribution in [0.15, 0.2) is 41.6 Å². The molecule has 0 saturated carbocycles. The third kappa shape index (κ3) is 3.39. The fourth-order valence-electron chi connectivity index (χ4n) is 2.60. The Labute approximate surface area is 133 Å². The molecule has 0 unspecified atom stereocenters. The van der Waals surface area contributed by atoms with Gasteiger partial charge in [0.15, 0.2) is 0 Å². The Hall–Kier alpha value is -1.10. The number of nitrogens with one attached hydrogen (secondary N) is 1. The first kappa shape index (κ1) is 14.8. The van der Waals surface area contributed by atoms with Gasteiger partial charge in [0.05, 0.1) is 6.20 Å². The molecule has 1 aromatic carbocycles. The summed E-state index contributed by atoms with van der Waals surface area (Å²) < 4.78 is 13.3. The molecule has 110 valence electrons. The van der Waals surface area contributed by atoms with Crippen molar-refractivity contribution in [1.82, 2.24) is 10.3 Å². The molecule has 1 aromatic heterocycles. The molecule has 2 nitrogen and oxygen atoms in total. The Bertz CT molecular complexity index is 650. The summed E-state index contributed by atoms with van der Waals surface area (Å²) in [5, 5.41) is 4.32. The molecule has 2 aromatic rings. The van der Waals surface area contributed by atoms with Gasteiger partial charge in [-0.3, -0.25) is 4.98 Å². The molecule has 1 N–H and O–H groups in total. The lowest BCUT2D eigenvalue weighted by atomic mass is 10.0. The van der Waals surface area contributed by atoms with Crippen molar-refractivity contribution in [2.75, 3.05) is 5.75 Å². The van der Waals surface area contributed by atoms with Gasteiger partial charge in [0.25, 0.3) is 0 Å². The second-order valence-electron chi connectivity index (χ2n) is 5.20. The van der Waals surface area contributed by atoms with E-state index in [0.29, 0.717) is 0 Å². The van der Waals surface area contributed by atoms with E-state index >= 15 is 0 Å². The van der Waals surface area contributed by atoms with Crippen LogP contribution >= 0.6 is 23.4 Å². The minimum Gasteiger partial charge on any atom is -0.303 e. The van der Waals surface area contributed by atoms with Crippen molar-refractivity contribution >= 4 is 23.4 Å². The smallest absolute Gasteiger partial charge is 0.141 e. The fraction of sp³-hybridized carbons (Fsp3) is 0.312. The van der Waals surface area contributed by atoms with Gasteiger partial charge in [0.2, 0.25) is 0 Å². The standard InChI is InChI=1S/C16H16ClFN2S/c1-10(11-6-13(18)9-19-8-11)20-15-4-5-21-16-3-2-12(17)7-14(15)16/h2-3,6-10,15,20H,4-5H2,1H3/t10-,15-/m1/s1. The molecule has 3 rings (SSSR count). The highest BCUT2D eigenvalue weighted by atomic mass is 35.5. The second kappa shape index (κ2) is 6.34. The number of hydrogen-bond donors (Lipinski definition) is 1. The van der Waals surface area contributed by atoms with E-state index in [2.05, 4.69) is 16.4 Å². The predicted octanol–water partition coefficient (Wildman–Crippen LogP) is 4.76. The molecule has 1 aliphatic rings. The summed E-state index contributed by atoms with van der Waals surface area (Å²) in [5.41, 5.74) is 2.09. The van der Waals surface area contributed by atoms with Crippen LogP contribution in [0.1, 0.15) is 36.6 Å². The zero-order valence-corrected chi connectivity index (χ0v) is 13.2. The van der Waals surface area contributed by atoms with E-state index in [1.807, 2.05) is 30.8 Å². The van der Waals surface area contributed by atoms with Gasteiger partial charge in [0.1, 0.15) is 5.82 Å². The minimum atomic E-state index is -0.302. The normalized spacial score (nSPS) is 19.1. The average molecular weight is 323 g/mol. The van der Waals surface area contributed by atoms with Crippen LogP contribution in [0.3, 0.4) is 0 Å². The molecule has 0 saturated heterocycles. The van der Waals surface area contributed by atoms with Crippen molar-refractivity contribution in [2.45, 2.75) is 30.3 Å². The number of aromatic nitrogens is 1. The molecule has 2 atom stereocenters. The van der Waals surface area contributed by atoms with Gasteiger partial charge in [-0.15, -0.1) is 11.8 Å². The maximum absolute atomic E-state index is 13.3. The van der Waals surface area contributed by atoms with Crippen molar-refractivity contribution in [3.05, 3.63) is 58.6 Å². The molecule has 0 aliphatic carbocycles. The van der Waals surface area contributed by atoms with Gasteiger partial charge in [-0.1, -0.05) is 11.6 Å². The topological polar surface area (TPSA) is 24.9 Å². The maximum atomic E-state index is 13.3. The number of thioether (sulfide) groups is 1. The van der Waals surface area contributed by atoms with Gasteiger partial charge in [0, 0.05) is 28.2 Å². The first-order valence-electron chi connectivity index (χ1n) is 6.92. The molecule has 1 aliphatic heterocycles. The van der Waals surface area contributed by atoms with Crippen LogP contribution < -0.4 is 5.32 Å². The molecular weight excluding hydrogens is 307 g/mol. The third-order valence-corrected chi connectivity index (χ3v) is 5.05. The Morgan fingerprint density at radius 2 is 2.24 bits per heavy atom. The van der Waals surface area contributed by atoms with Crippen molar-refractivity contribution in [2.24, 2.45) is 0 Å². The molecule has 2 heterocycles. The SMILES string of the molecule is C[C@@H](N[C@@H]1CCSc2ccc(Cl)cc21)c1cncc(F)c1. The van der Waals surface area contributed by atoms with Crippen LogP contribution in [0.2, 0.25) is 5.02 Å². The number of nitrogens with zero attached hydrogens (tertiary/aromatic N) is 1. The van der Waals surface area contributed by atoms with E-state index in [9.17, 15) is 4.39 Å². The zero-order chi connectivity index (χ0) is 14.8. The third-order valence-electron chi connectivity index (χ3n) is 3.69. The molecule has 0 amide bonds. The van der Waals surface area contributed by atoms with E-state index in [1.165, 1.54) is 22.7 Å². The van der Waals surface area contributed by atoms with Crippen LogP contribution in [0, 0.1) is 5.82 Å². The van der Waals surface area contributed by atoms with Gasteiger partial charge in [-0.05, 0) is 54.5 Å². The van der Waals surface area contributed by atoms with Crippen molar-refractivity contribution < 1.29 is 4.39 Å².